The van der Waals surface area contributed by atoms with Crippen molar-refractivity contribution in [2.45, 2.75) is 292 Å². The van der Waals surface area contributed by atoms with Crippen LogP contribution in [0.4, 0.5) is 0 Å². The lowest BCUT2D eigenvalue weighted by Crippen LogP contribution is -2.20. The van der Waals surface area contributed by atoms with Crippen LogP contribution < -0.4 is 0 Å². The van der Waals surface area contributed by atoms with Crippen molar-refractivity contribution >= 4 is 22.3 Å². The average molecular weight is 1300 g/mol. The third-order valence-corrected chi connectivity index (χ3v) is 18.8. The summed E-state index contributed by atoms with van der Waals surface area (Å²) >= 11 is 0. The van der Waals surface area contributed by atoms with Crippen molar-refractivity contribution < 1.29 is 19.8 Å². The number of rotatable bonds is 40. The second-order valence-electron chi connectivity index (χ2n) is 28.7. The largest absolute Gasteiger partial charge is 0.507 e. The van der Waals surface area contributed by atoms with Crippen LogP contribution in [-0.4, -0.2) is 21.8 Å². The quantitative estimate of drug-likeness (QED) is 0.0439. The molecule has 0 atom stereocenters. The number of hydrogen-bond donors (Lipinski definition) is 2. The van der Waals surface area contributed by atoms with Crippen LogP contribution in [0.3, 0.4) is 0 Å². The van der Waals surface area contributed by atoms with Crippen molar-refractivity contribution in [3.63, 3.8) is 0 Å². The lowest BCUT2D eigenvalue weighted by Gasteiger charge is -2.18. The number of allylic oxidation sites excluding steroid dienone is 30. The molecule has 522 valence electrons. The molecule has 0 fully saturated rings. The van der Waals surface area contributed by atoms with Gasteiger partial charge in [0.05, 0.1) is 0 Å². The van der Waals surface area contributed by atoms with E-state index in [-0.39, 0.29) is 23.1 Å². The Morgan fingerprint density at radius 1 is 0.292 bits per heavy atom. The van der Waals surface area contributed by atoms with Gasteiger partial charge in [-0.25, -0.2) is 0 Å². The zero-order chi connectivity index (χ0) is 71.0. The first-order chi connectivity index (χ1) is 45.8. The third kappa shape index (κ3) is 34.3. The summed E-state index contributed by atoms with van der Waals surface area (Å²) < 4.78 is 0. The van der Waals surface area contributed by atoms with Crippen molar-refractivity contribution in [2.24, 2.45) is 0 Å². The fraction of sp³-hybridized carbons (Fsp3) is 0.478. The fourth-order valence-electron chi connectivity index (χ4n) is 12.0. The van der Waals surface area contributed by atoms with E-state index in [1.54, 1.807) is 19.1 Å². The monoisotopic (exact) mass is 1300 g/mol. The van der Waals surface area contributed by atoms with E-state index >= 15 is 0 Å². The molecule has 3 aromatic carbocycles. The Morgan fingerprint density at radius 2 is 0.521 bits per heavy atom. The first kappa shape index (κ1) is 83.2. The van der Waals surface area contributed by atoms with E-state index in [9.17, 15) is 19.8 Å². The molecule has 1 aliphatic carbocycles. The molecule has 4 nitrogen and oxygen atoms in total. The van der Waals surface area contributed by atoms with Crippen molar-refractivity contribution in [3.05, 3.63) is 245 Å². The van der Waals surface area contributed by atoms with Crippen molar-refractivity contribution in [1.29, 1.82) is 0 Å². The van der Waals surface area contributed by atoms with Gasteiger partial charge >= 0.3 is 0 Å². The van der Waals surface area contributed by atoms with Gasteiger partial charge in [0, 0.05) is 38.6 Å². The summed E-state index contributed by atoms with van der Waals surface area (Å²) in [5.74, 6) is 0.518. The number of benzene rings is 3. The minimum absolute atomic E-state index is 0.00832. The van der Waals surface area contributed by atoms with Gasteiger partial charge in [-0.3, -0.25) is 9.59 Å². The van der Waals surface area contributed by atoms with Gasteiger partial charge in [-0.1, -0.05) is 212 Å². The second kappa shape index (κ2) is 47.0. The molecule has 0 aromatic heterocycles. The average Bonchev–Trinajstić information content (AvgIpc) is 0.790. The van der Waals surface area contributed by atoms with Crippen LogP contribution in [0.15, 0.2) is 223 Å². The number of phenols is 2. The molecule has 0 spiro atoms. The minimum Gasteiger partial charge on any atom is -0.507 e. The molecular weight excluding hydrogens is 1170 g/mol. The molecule has 0 bridgehead atoms. The minimum atomic E-state index is -0.0228. The summed E-state index contributed by atoms with van der Waals surface area (Å²) in [7, 11) is 0. The molecule has 0 saturated carbocycles. The number of hydrogen-bond acceptors (Lipinski definition) is 4. The normalized spacial score (nSPS) is 14.6. The number of phenolic OH excluding ortho intramolecular Hbond substituents is 2. The molecule has 0 aliphatic heterocycles. The zero-order valence-electron chi connectivity index (χ0n) is 63.8. The molecule has 1 aliphatic rings. The highest BCUT2D eigenvalue weighted by Crippen LogP contribution is 2.40. The molecule has 2 N–H and O–H groups in total. The lowest BCUT2D eigenvalue weighted by molar-refractivity contribution is 0.0973. The number of carbonyl (C=O) groups is 2. The predicted octanol–water partition coefficient (Wildman–Crippen LogP) is 28.5. The van der Waals surface area contributed by atoms with Gasteiger partial charge in [0.2, 0.25) is 0 Å². The van der Waals surface area contributed by atoms with Gasteiger partial charge in [-0.15, -0.1) is 0 Å². The van der Waals surface area contributed by atoms with Gasteiger partial charge in [-0.05, 0) is 297 Å². The highest BCUT2D eigenvalue weighted by Gasteiger charge is 2.28. The highest BCUT2D eigenvalue weighted by molar-refractivity contribution is 6.26. The van der Waals surface area contributed by atoms with E-state index in [1.165, 1.54) is 104 Å². The number of ketones is 2. The van der Waals surface area contributed by atoms with Crippen LogP contribution in [0.25, 0.3) is 10.8 Å². The molecule has 0 heterocycles. The van der Waals surface area contributed by atoms with Crippen molar-refractivity contribution in [2.75, 3.05) is 0 Å². The first-order valence-corrected chi connectivity index (χ1v) is 36.7. The number of Topliss-reactive ketones (excluding diaryl/α,β-unsaturated/α-hetero) is 2. The maximum atomic E-state index is 13.0. The molecule has 4 heteroatoms. The SMILES string of the molecule is CC(C)=CCC/C(C)=C/CC/C(C)=C/CC/C(C)=C/CC/C(C)=C/CC/C(C)=C/CC/C(C)=C/CC1=C(C)C(=O)c2ccccc2C1=O.CC(C)=CCC/C(C)=C/CC/C(C)=C/CC/C(C)=C/CC/C(C)=C/CC/C(C)=C/CC/C(C)=C/Cc1c(C)c(O)c2ccccc2c1O. The van der Waals surface area contributed by atoms with Crippen LogP contribution >= 0.6 is 0 Å². The van der Waals surface area contributed by atoms with Gasteiger partial charge in [0.1, 0.15) is 11.5 Å². The smallest absolute Gasteiger partial charge is 0.190 e. The van der Waals surface area contributed by atoms with Crippen molar-refractivity contribution in [3.8, 4) is 11.5 Å². The Labute approximate surface area is 586 Å². The Morgan fingerprint density at radius 3 is 0.802 bits per heavy atom. The van der Waals surface area contributed by atoms with E-state index in [4.69, 9.17) is 0 Å². The van der Waals surface area contributed by atoms with E-state index in [0.717, 1.165) is 140 Å². The number of aromatic hydroxyl groups is 2. The van der Waals surface area contributed by atoms with Crippen LogP contribution in [0.2, 0.25) is 0 Å². The summed E-state index contributed by atoms with van der Waals surface area (Å²) in [5.41, 5.74) is 24.1. The molecule has 3 aromatic rings. The van der Waals surface area contributed by atoms with E-state index in [0.29, 0.717) is 45.9 Å². The molecular formula is C92H130O4. The Balaban J connectivity index is 0.000000500. The van der Waals surface area contributed by atoms with Gasteiger partial charge < -0.3 is 10.2 Å². The number of carbonyl (C=O) groups excluding carboxylic acids is 2. The predicted molar refractivity (Wildman–Crippen MR) is 423 cm³/mol. The molecule has 96 heavy (non-hydrogen) atoms. The number of fused-ring (bicyclic) bond motifs is 2. The summed E-state index contributed by atoms with van der Waals surface area (Å²) in [6, 6.07) is 14.6. The fourth-order valence-corrected chi connectivity index (χ4v) is 12.0. The van der Waals surface area contributed by atoms with Crippen LogP contribution in [0.5, 0.6) is 11.5 Å². The first-order valence-electron chi connectivity index (χ1n) is 36.7. The lowest BCUT2D eigenvalue weighted by atomic mass is 9.83. The Kier molecular flexibility index (Phi) is 40.7. The highest BCUT2D eigenvalue weighted by atomic mass is 16.3. The van der Waals surface area contributed by atoms with Gasteiger partial charge in [-0.2, -0.15) is 0 Å². The van der Waals surface area contributed by atoms with Crippen LogP contribution in [-0.2, 0) is 6.42 Å². The van der Waals surface area contributed by atoms with Crippen molar-refractivity contribution in [1.82, 2.24) is 0 Å². The molecule has 0 unspecified atom stereocenters. The Bertz CT molecular complexity index is 3480. The summed E-state index contributed by atoms with van der Waals surface area (Å²) in [6.07, 6.45) is 61.1. The van der Waals surface area contributed by atoms with Crippen LogP contribution in [0, 0.1) is 6.92 Å². The third-order valence-electron chi connectivity index (χ3n) is 18.8. The molecule has 0 saturated heterocycles. The second-order valence-corrected chi connectivity index (χ2v) is 28.7. The van der Waals surface area contributed by atoms with E-state index in [2.05, 4.69) is 196 Å². The maximum absolute atomic E-state index is 13.0. The summed E-state index contributed by atoms with van der Waals surface area (Å²) in [4.78, 5) is 25.7. The topological polar surface area (TPSA) is 74.6 Å². The van der Waals surface area contributed by atoms with Gasteiger partial charge in [0.25, 0.3) is 0 Å². The standard InChI is InChI=1S/C46H66O2.C46H64O2/c2*1-34(2)18-12-19-35(3)20-13-21-36(4)22-14-23-37(5)24-15-25-38(6)26-16-27-39(7)28-17-29-40(8)32-33-42-41(9)45(47)43-30-10-11-31-44(43)46(42)48/h10-11,18,20,22,24,26,28,30-32,47-48H,12-17,19,21,23,25,27,29,33H2,1-9H3;10-11,18,20,22,24,26,28,30-32H,12-17,19,21,23,25,27,29,33H2,1-9H3/b2*35-20+,36-22+,37-24+,38-26+,39-28+,40-32+. The molecule has 0 amide bonds. The van der Waals surface area contributed by atoms with E-state index in [1.807, 2.05) is 43.3 Å². The summed E-state index contributed by atoms with van der Waals surface area (Å²) in [5, 5.41) is 22.9. The maximum Gasteiger partial charge on any atom is 0.190 e. The summed E-state index contributed by atoms with van der Waals surface area (Å²) in [6.45, 7) is 39.3. The van der Waals surface area contributed by atoms with Crippen LogP contribution in [0.1, 0.15) is 310 Å². The van der Waals surface area contributed by atoms with Gasteiger partial charge in [0.15, 0.2) is 11.6 Å². The molecule has 4 rings (SSSR count). The van der Waals surface area contributed by atoms with E-state index < -0.39 is 0 Å². The molecule has 0 radical (unpaired) electrons. The zero-order valence-corrected chi connectivity index (χ0v) is 63.8. The Hall–Kier alpha value is -7.04.